The second-order valence-corrected chi connectivity index (χ2v) is 9.51. The molecule has 6 nitrogen and oxygen atoms in total. The summed E-state index contributed by atoms with van der Waals surface area (Å²) in [5, 5.41) is 6.60. The Labute approximate surface area is 200 Å². The number of hydrogen-bond acceptors (Lipinski definition) is 4. The van der Waals surface area contributed by atoms with Crippen LogP contribution in [0, 0.1) is 5.82 Å². The first-order valence-electron chi connectivity index (χ1n) is 11.5. The molecule has 1 unspecified atom stereocenters. The number of nitrogens with zero attached hydrogens (tertiary/aromatic N) is 2. The Morgan fingerprint density at radius 3 is 2.32 bits per heavy atom. The number of nitrogens with one attached hydrogen (secondary N) is 1. The summed E-state index contributed by atoms with van der Waals surface area (Å²) in [5.41, 5.74) is 2.66. The minimum atomic E-state index is -0.404. The van der Waals surface area contributed by atoms with Crippen molar-refractivity contribution >= 4 is 11.8 Å². The molecule has 0 saturated heterocycles. The second-order valence-electron chi connectivity index (χ2n) is 9.51. The summed E-state index contributed by atoms with van der Waals surface area (Å²) in [5.74, 6) is -0.416. The number of carbonyl (C=O) groups is 2. The van der Waals surface area contributed by atoms with Gasteiger partial charge in [-0.2, -0.15) is 0 Å². The number of aromatic nitrogens is 1. The molecule has 2 aromatic carbocycles. The molecule has 1 heterocycles. The molecule has 7 heteroatoms. The highest BCUT2D eigenvalue weighted by atomic mass is 19.1. The van der Waals surface area contributed by atoms with Gasteiger partial charge in [0.2, 0.25) is 0 Å². The fourth-order valence-electron chi connectivity index (χ4n) is 3.46. The third-order valence-electron chi connectivity index (χ3n) is 5.87. The summed E-state index contributed by atoms with van der Waals surface area (Å²) >= 11 is 0. The molecule has 0 spiro atoms. The van der Waals surface area contributed by atoms with E-state index in [0.29, 0.717) is 11.3 Å². The molecule has 0 saturated carbocycles. The van der Waals surface area contributed by atoms with Crippen LogP contribution in [-0.4, -0.2) is 27.9 Å². The molecule has 0 aliphatic carbocycles. The van der Waals surface area contributed by atoms with E-state index in [1.165, 1.54) is 12.1 Å². The molecule has 0 bridgehead atoms. The van der Waals surface area contributed by atoms with Crippen molar-refractivity contribution in [2.45, 2.75) is 65.6 Å². The van der Waals surface area contributed by atoms with E-state index in [4.69, 9.17) is 4.52 Å². The Balaban J connectivity index is 1.69. The maximum atomic E-state index is 13.3. The van der Waals surface area contributed by atoms with E-state index in [1.807, 2.05) is 38.1 Å². The summed E-state index contributed by atoms with van der Waals surface area (Å²) in [6.07, 6.45) is 0.769. The number of amides is 2. The molecular formula is C27H32FN3O3. The summed E-state index contributed by atoms with van der Waals surface area (Å²) < 4.78 is 18.4. The Morgan fingerprint density at radius 1 is 1.09 bits per heavy atom. The van der Waals surface area contributed by atoms with Crippen LogP contribution < -0.4 is 5.32 Å². The molecule has 0 aliphatic rings. The number of rotatable bonds is 8. The Morgan fingerprint density at radius 2 is 1.74 bits per heavy atom. The van der Waals surface area contributed by atoms with Crippen molar-refractivity contribution in [2.24, 2.45) is 0 Å². The molecule has 1 aromatic heterocycles. The van der Waals surface area contributed by atoms with Gasteiger partial charge in [-0.15, -0.1) is 0 Å². The van der Waals surface area contributed by atoms with E-state index in [2.05, 4.69) is 31.2 Å². The number of hydrogen-bond donors (Lipinski definition) is 1. The lowest BCUT2D eigenvalue weighted by Crippen LogP contribution is -2.37. The zero-order chi connectivity index (χ0) is 24.9. The Kier molecular flexibility index (Phi) is 7.87. The maximum Gasteiger partial charge on any atom is 0.273 e. The van der Waals surface area contributed by atoms with Crippen molar-refractivity contribution in [3.8, 4) is 0 Å². The third-order valence-corrected chi connectivity index (χ3v) is 5.87. The van der Waals surface area contributed by atoms with E-state index in [-0.39, 0.29) is 42.0 Å². The largest absolute Gasteiger partial charge is 0.359 e. The van der Waals surface area contributed by atoms with Crippen LogP contribution in [0.2, 0.25) is 0 Å². The van der Waals surface area contributed by atoms with Crippen LogP contribution in [0.25, 0.3) is 0 Å². The minimum Gasteiger partial charge on any atom is -0.359 e. The van der Waals surface area contributed by atoms with Gasteiger partial charge in [-0.1, -0.05) is 57.1 Å². The van der Waals surface area contributed by atoms with Crippen molar-refractivity contribution in [3.63, 3.8) is 0 Å². The van der Waals surface area contributed by atoms with Gasteiger partial charge in [-0.05, 0) is 54.2 Å². The Bertz CT molecular complexity index is 1120. The quantitative estimate of drug-likeness (QED) is 0.478. The second kappa shape index (κ2) is 10.6. The van der Waals surface area contributed by atoms with Crippen LogP contribution in [-0.2, 0) is 18.5 Å². The van der Waals surface area contributed by atoms with Crippen LogP contribution in [0.1, 0.15) is 78.8 Å². The fraction of sp³-hybridized carbons (Fsp3) is 0.370. The smallest absolute Gasteiger partial charge is 0.273 e. The molecule has 3 rings (SSSR count). The molecule has 1 N–H and O–H groups in total. The summed E-state index contributed by atoms with van der Waals surface area (Å²) in [4.78, 5) is 27.5. The predicted molar refractivity (Wildman–Crippen MR) is 129 cm³/mol. The van der Waals surface area contributed by atoms with E-state index in [0.717, 1.165) is 17.5 Å². The molecule has 3 aromatic rings. The third kappa shape index (κ3) is 6.31. The van der Waals surface area contributed by atoms with Gasteiger partial charge in [0.15, 0.2) is 11.5 Å². The first-order chi connectivity index (χ1) is 16.1. The maximum absolute atomic E-state index is 13.3. The van der Waals surface area contributed by atoms with Gasteiger partial charge < -0.3 is 14.7 Å². The lowest BCUT2D eigenvalue weighted by Gasteiger charge is -2.28. The molecule has 1 atom stereocenters. The first-order valence-corrected chi connectivity index (χ1v) is 11.5. The molecule has 34 heavy (non-hydrogen) atoms. The van der Waals surface area contributed by atoms with Gasteiger partial charge in [0, 0.05) is 24.2 Å². The van der Waals surface area contributed by atoms with Gasteiger partial charge in [0.1, 0.15) is 5.82 Å². The molecule has 0 radical (unpaired) electrons. The summed E-state index contributed by atoms with van der Waals surface area (Å²) in [7, 11) is 0. The van der Waals surface area contributed by atoms with Gasteiger partial charge in [0.05, 0.1) is 6.54 Å². The standard InChI is InChI=1S/C27H32FN3O3/c1-6-18(2)31(26(33)20-9-11-21(12-10-20)27(3,4)5)17-23-15-24(30-34-23)25(32)29-16-19-7-13-22(28)14-8-19/h7-15,18H,6,16-17H2,1-5H3,(H,29,32). The van der Waals surface area contributed by atoms with Crippen LogP contribution in [0.3, 0.4) is 0 Å². The zero-order valence-electron chi connectivity index (χ0n) is 20.4. The number of carbonyl (C=O) groups excluding carboxylic acids is 2. The van der Waals surface area contributed by atoms with E-state index in [1.54, 1.807) is 23.1 Å². The molecule has 180 valence electrons. The summed E-state index contributed by atoms with van der Waals surface area (Å²) in [6, 6.07) is 15.1. The number of halogens is 1. The molecule has 0 fully saturated rings. The van der Waals surface area contributed by atoms with Crippen molar-refractivity contribution in [1.29, 1.82) is 0 Å². The lowest BCUT2D eigenvalue weighted by atomic mass is 9.86. The van der Waals surface area contributed by atoms with Crippen LogP contribution >= 0.6 is 0 Å². The zero-order valence-corrected chi connectivity index (χ0v) is 20.4. The first kappa shape index (κ1) is 25.1. The highest BCUT2D eigenvalue weighted by molar-refractivity contribution is 5.94. The van der Waals surface area contributed by atoms with Crippen molar-refractivity contribution in [2.75, 3.05) is 0 Å². The lowest BCUT2D eigenvalue weighted by molar-refractivity contribution is 0.0651. The monoisotopic (exact) mass is 465 g/mol. The summed E-state index contributed by atoms with van der Waals surface area (Å²) in [6.45, 7) is 10.8. The highest BCUT2D eigenvalue weighted by Crippen LogP contribution is 2.23. The molecule has 0 aliphatic heterocycles. The van der Waals surface area contributed by atoms with Crippen molar-refractivity contribution < 1.29 is 18.5 Å². The average Bonchev–Trinajstić information content (AvgIpc) is 3.29. The predicted octanol–water partition coefficient (Wildman–Crippen LogP) is 5.48. The van der Waals surface area contributed by atoms with Crippen molar-refractivity contribution in [1.82, 2.24) is 15.4 Å². The van der Waals surface area contributed by atoms with E-state index >= 15 is 0 Å². The Hall–Kier alpha value is -3.48. The van der Waals surface area contributed by atoms with Gasteiger partial charge >= 0.3 is 0 Å². The van der Waals surface area contributed by atoms with E-state index in [9.17, 15) is 14.0 Å². The van der Waals surface area contributed by atoms with Crippen LogP contribution in [0.15, 0.2) is 59.1 Å². The molecular weight excluding hydrogens is 433 g/mol. The minimum absolute atomic E-state index is 0.00544. The molecule has 2 amide bonds. The number of benzene rings is 2. The van der Waals surface area contributed by atoms with E-state index < -0.39 is 5.91 Å². The van der Waals surface area contributed by atoms with Gasteiger partial charge in [0.25, 0.3) is 11.8 Å². The SMILES string of the molecule is CCC(C)N(Cc1cc(C(=O)NCc2ccc(F)cc2)no1)C(=O)c1ccc(C(C)(C)C)cc1. The van der Waals surface area contributed by atoms with Crippen molar-refractivity contribution in [3.05, 3.63) is 88.6 Å². The van der Waals surface area contributed by atoms with Gasteiger partial charge in [-0.3, -0.25) is 9.59 Å². The highest BCUT2D eigenvalue weighted by Gasteiger charge is 2.24. The van der Waals surface area contributed by atoms with Crippen LogP contribution in [0.4, 0.5) is 4.39 Å². The fourth-order valence-corrected chi connectivity index (χ4v) is 3.46. The topological polar surface area (TPSA) is 75.4 Å². The normalized spacial score (nSPS) is 12.3. The average molecular weight is 466 g/mol. The van der Waals surface area contributed by atoms with Gasteiger partial charge in [-0.25, -0.2) is 4.39 Å². The van der Waals surface area contributed by atoms with Crippen LogP contribution in [0.5, 0.6) is 0 Å².